The van der Waals surface area contributed by atoms with E-state index < -0.39 is 0 Å². The summed E-state index contributed by atoms with van der Waals surface area (Å²) in [5, 5.41) is 3.89. The first-order valence-electron chi connectivity index (χ1n) is 7.45. The Balaban J connectivity index is 1.86. The van der Waals surface area contributed by atoms with Gasteiger partial charge < -0.3 is 5.32 Å². The highest BCUT2D eigenvalue weighted by molar-refractivity contribution is 5.08. The molecule has 1 heterocycles. The van der Waals surface area contributed by atoms with Crippen molar-refractivity contribution in [3.8, 4) is 0 Å². The van der Waals surface area contributed by atoms with Gasteiger partial charge in [-0.25, -0.2) is 0 Å². The molecule has 0 spiro atoms. The predicted molar refractivity (Wildman–Crippen MR) is 68.4 cm³/mol. The van der Waals surface area contributed by atoms with Crippen molar-refractivity contribution >= 4 is 0 Å². The molecule has 0 aromatic heterocycles. The average molecular weight is 221 g/mol. The summed E-state index contributed by atoms with van der Waals surface area (Å²) in [4.78, 5) is 0. The Morgan fingerprint density at radius 2 is 1.88 bits per heavy atom. The summed E-state index contributed by atoms with van der Waals surface area (Å²) >= 11 is 0. The zero-order chi connectivity index (χ0) is 11.2. The Hall–Kier alpha value is -0.0400. The summed E-state index contributed by atoms with van der Waals surface area (Å²) in [6, 6.07) is 0.852. The molecule has 4 bridgehead atoms. The molecule has 0 aromatic rings. The molecule has 5 atom stereocenters. The molecule has 0 aromatic carbocycles. The van der Waals surface area contributed by atoms with Crippen LogP contribution in [0, 0.1) is 23.2 Å². The molecule has 1 aliphatic heterocycles. The van der Waals surface area contributed by atoms with Crippen molar-refractivity contribution in [2.75, 3.05) is 6.54 Å². The van der Waals surface area contributed by atoms with Gasteiger partial charge in [0.15, 0.2) is 0 Å². The molecule has 1 nitrogen and oxygen atoms in total. The van der Waals surface area contributed by atoms with Crippen molar-refractivity contribution in [1.82, 2.24) is 5.32 Å². The molecule has 2 aliphatic carbocycles. The smallest absolute Gasteiger partial charge is 0.0155 e. The van der Waals surface area contributed by atoms with Crippen LogP contribution in [-0.2, 0) is 0 Å². The average Bonchev–Trinajstić information content (AvgIpc) is 2.71. The Labute approximate surface area is 100 Å². The van der Waals surface area contributed by atoms with Gasteiger partial charge in [-0.05, 0) is 49.0 Å². The van der Waals surface area contributed by atoms with Crippen LogP contribution in [-0.4, -0.2) is 12.6 Å². The molecule has 92 valence electrons. The van der Waals surface area contributed by atoms with Gasteiger partial charge in [0.2, 0.25) is 0 Å². The maximum absolute atomic E-state index is 3.89. The fraction of sp³-hybridized carbons (Fsp3) is 1.00. The van der Waals surface area contributed by atoms with Crippen molar-refractivity contribution in [2.24, 2.45) is 23.2 Å². The minimum Gasteiger partial charge on any atom is -0.313 e. The molecule has 0 radical (unpaired) electrons. The third-order valence-corrected chi connectivity index (χ3v) is 6.11. The van der Waals surface area contributed by atoms with Crippen molar-refractivity contribution in [3.05, 3.63) is 0 Å². The standard InChI is InChI=1S/C15H27N/c1-11-6-4-3-5-7-12-10-16-14-13(11)8-9-15(12,14)2/h11-14,16H,3-10H2,1-2H3. The van der Waals surface area contributed by atoms with Crippen LogP contribution in [0.15, 0.2) is 0 Å². The fourth-order valence-electron chi connectivity index (χ4n) is 4.93. The number of nitrogens with one attached hydrogen (secondary N) is 1. The molecule has 3 aliphatic rings. The zero-order valence-corrected chi connectivity index (χ0v) is 11.0. The van der Waals surface area contributed by atoms with Crippen LogP contribution in [0.2, 0.25) is 0 Å². The quantitative estimate of drug-likeness (QED) is 0.659. The van der Waals surface area contributed by atoms with Gasteiger partial charge in [0.25, 0.3) is 0 Å². The SMILES string of the molecule is CC1CCCCCC2CNC3C1CCC23C. The first-order chi connectivity index (χ1) is 7.72. The maximum atomic E-state index is 3.89. The topological polar surface area (TPSA) is 12.0 Å². The summed E-state index contributed by atoms with van der Waals surface area (Å²) < 4.78 is 0. The van der Waals surface area contributed by atoms with Crippen LogP contribution in [0.4, 0.5) is 0 Å². The van der Waals surface area contributed by atoms with Gasteiger partial charge in [-0.1, -0.05) is 39.5 Å². The van der Waals surface area contributed by atoms with Gasteiger partial charge in [0, 0.05) is 6.04 Å². The first kappa shape index (κ1) is 11.1. The van der Waals surface area contributed by atoms with Gasteiger partial charge in [-0.15, -0.1) is 0 Å². The Morgan fingerprint density at radius 3 is 2.75 bits per heavy atom. The minimum atomic E-state index is 0.649. The van der Waals surface area contributed by atoms with Crippen LogP contribution in [0.25, 0.3) is 0 Å². The maximum Gasteiger partial charge on any atom is 0.0155 e. The van der Waals surface area contributed by atoms with E-state index in [0.29, 0.717) is 5.41 Å². The third kappa shape index (κ3) is 1.54. The predicted octanol–water partition coefficient (Wildman–Crippen LogP) is 3.59. The van der Waals surface area contributed by atoms with Crippen molar-refractivity contribution in [2.45, 2.75) is 64.8 Å². The minimum absolute atomic E-state index is 0.649. The second-order valence-corrected chi connectivity index (χ2v) is 6.91. The van der Waals surface area contributed by atoms with Crippen molar-refractivity contribution in [3.63, 3.8) is 0 Å². The first-order valence-corrected chi connectivity index (χ1v) is 7.45. The molecule has 5 unspecified atom stereocenters. The van der Waals surface area contributed by atoms with E-state index in [1.165, 1.54) is 51.5 Å². The number of hydrogen-bond donors (Lipinski definition) is 1. The molecule has 1 saturated heterocycles. The van der Waals surface area contributed by atoms with Crippen LogP contribution in [0.3, 0.4) is 0 Å². The van der Waals surface area contributed by atoms with E-state index in [4.69, 9.17) is 0 Å². The van der Waals surface area contributed by atoms with Crippen LogP contribution >= 0.6 is 0 Å². The lowest BCUT2D eigenvalue weighted by Gasteiger charge is -2.34. The third-order valence-electron chi connectivity index (χ3n) is 6.11. The van der Waals surface area contributed by atoms with E-state index in [-0.39, 0.29) is 0 Å². The van der Waals surface area contributed by atoms with E-state index in [2.05, 4.69) is 19.2 Å². The van der Waals surface area contributed by atoms with Crippen LogP contribution < -0.4 is 5.32 Å². The largest absolute Gasteiger partial charge is 0.313 e. The summed E-state index contributed by atoms with van der Waals surface area (Å²) in [6.45, 7) is 6.40. The number of hydrogen-bond acceptors (Lipinski definition) is 1. The van der Waals surface area contributed by atoms with Gasteiger partial charge >= 0.3 is 0 Å². The highest BCUT2D eigenvalue weighted by atomic mass is 15.0. The van der Waals surface area contributed by atoms with Crippen molar-refractivity contribution in [1.29, 1.82) is 0 Å². The van der Waals surface area contributed by atoms with Gasteiger partial charge in [-0.3, -0.25) is 0 Å². The lowest BCUT2D eigenvalue weighted by molar-refractivity contribution is 0.181. The summed E-state index contributed by atoms with van der Waals surface area (Å²) in [6.07, 6.45) is 10.4. The molecule has 3 rings (SSSR count). The summed E-state index contributed by atoms with van der Waals surface area (Å²) in [5.74, 6) is 2.91. The second-order valence-electron chi connectivity index (χ2n) is 6.91. The molecular weight excluding hydrogens is 194 g/mol. The molecule has 1 heteroatoms. The molecule has 3 fully saturated rings. The lowest BCUT2D eigenvalue weighted by atomic mass is 9.71. The number of rotatable bonds is 0. The van der Waals surface area contributed by atoms with Gasteiger partial charge in [-0.2, -0.15) is 0 Å². The van der Waals surface area contributed by atoms with E-state index >= 15 is 0 Å². The highest BCUT2D eigenvalue weighted by Crippen LogP contribution is 2.54. The van der Waals surface area contributed by atoms with Crippen molar-refractivity contribution < 1.29 is 0 Å². The van der Waals surface area contributed by atoms with E-state index in [9.17, 15) is 0 Å². The van der Waals surface area contributed by atoms with E-state index in [1.54, 1.807) is 0 Å². The molecule has 2 saturated carbocycles. The summed E-state index contributed by atoms with van der Waals surface area (Å²) in [5.41, 5.74) is 0.649. The van der Waals surface area contributed by atoms with Crippen LogP contribution in [0.1, 0.15) is 58.8 Å². The van der Waals surface area contributed by atoms with E-state index in [0.717, 1.165) is 23.8 Å². The fourth-order valence-corrected chi connectivity index (χ4v) is 4.93. The van der Waals surface area contributed by atoms with Gasteiger partial charge in [0.05, 0.1) is 0 Å². The molecule has 0 amide bonds. The van der Waals surface area contributed by atoms with Gasteiger partial charge in [0.1, 0.15) is 0 Å². The Morgan fingerprint density at radius 1 is 1.06 bits per heavy atom. The summed E-state index contributed by atoms with van der Waals surface area (Å²) in [7, 11) is 0. The molecule has 1 N–H and O–H groups in total. The monoisotopic (exact) mass is 221 g/mol. The van der Waals surface area contributed by atoms with Crippen LogP contribution in [0.5, 0.6) is 0 Å². The zero-order valence-electron chi connectivity index (χ0n) is 11.0. The molecular formula is C15H27N. The van der Waals surface area contributed by atoms with E-state index in [1.807, 2.05) is 0 Å². The normalized spacial score (nSPS) is 52.9. The lowest BCUT2D eigenvalue weighted by Crippen LogP contribution is -2.38. The second kappa shape index (κ2) is 4.01. The Bertz CT molecular complexity index is 262. The Kier molecular flexibility index (Phi) is 2.78. The molecule has 16 heavy (non-hydrogen) atoms. The highest BCUT2D eigenvalue weighted by Gasteiger charge is 2.54.